The highest BCUT2D eigenvalue weighted by atomic mass is 16.5. The summed E-state index contributed by atoms with van der Waals surface area (Å²) in [4.78, 5) is 9.45. The molecule has 0 N–H and O–H groups in total. The number of benzene rings is 3. The molecule has 26 heavy (non-hydrogen) atoms. The second-order valence-electron chi connectivity index (χ2n) is 6.41. The first-order valence-corrected chi connectivity index (χ1v) is 8.61. The zero-order valence-electron chi connectivity index (χ0n) is 14.4. The Labute approximate surface area is 150 Å². The Morgan fingerprint density at radius 1 is 0.769 bits per heavy atom. The molecule has 3 aromatic carbocycles. The lowest BCUT2D eigenvalue weighted by Gasteiger charge is -2.08. The number of hydrogen-bond acceptors (Lipinski definition) is 3. The largest absolute Gasteiger partial charge is 0.487 e. The normalized spacial score (nSPS) is 11.4. The maximum absolute atomic E-state index is 6.03. The summed E-state index contributed by atoms with van der Waals surface area (Å²) in [5.41, 5.74) is 4.63. The molecule has 2 aromatic heterocycles. The standard InChI is InChI=1S/C22H17N3O/c1-25-17(13-21-22(25)24-20-9-5-4-8-19(20)23-21)14-26-18-11-10-15-6-2-3-7-16(15)12-18/h2-13H,14H2,1H3. The number of fused-ring (bicyclic) bond motifs is 3. The quantitative estimate of drug-likeness (QED) is 0.471. The number of para-hydroxylation sites is 2. The van der Waals surface area contributed by atoms with Crippen molar-refractivity contribution in [1.82, 2.24) is 14.5 Å². The van der Waals surface area contributed by atoms with E-state index in [-0.39, 0.29) is 0 Å². The van der Waals surface area contributed by atoms with Crippen LogP contribution in [0, 0.1) is 0 Å². The third-order valence-electron chi connectivity index (χ3n) is 4.74. The van der Waals surface area contributed by atoms with E-state index in [1.807, 2.05) is 49.5 Å². The summed E-state index contributed by atoms with van der Waals surface area (Å²) in [5, 5.41) is 2.39. The smallest absolute Gasteiger partial charge is 0.159 e. The number of ether oxygens (including phenoxy) is 1. The number of aryl methyl sites for hydroxylation is 1. The fourth-order valence-electron chi connectivity index (χ4n) is 3.29. The zero-order chi connectivity index (χ0) is 17.5. The summed E-state index contributed by atoms with van der Waals surface area (Å²) >= 11 is 0. The average molecular weight is 339 g/mol. The molecular formula is C22H17N3O. The van der Waals surface area contributed by atoms with Crippen molar-refractivity contribution in [3.8, 4) is 5.75 Å². The molecular weight excluding hydrogens is 322 g/mol. The number of hydrogen-bond donors (Lipinski definition) is 0. The van der Waals surface area contributed by atoms with Gasteiger partial charge in [0.05, 0.1) is 16.7 Å². The first kappa shape index (κ1) is 14.9. The van der Waals surface area contributed by atoms with E-state index < -0.39 is 0 Å². The third kappa shape index (κ3) is 2.47. The molecule has 0 aliphatic rings. The van der Waals surface area contributed by atoms with Gasteiger partial charge in [0, 0.05) is 7.05 Å². The molecule has 0 saturated heterocycles. The molecule has 0 radical (unpaired) electrons. The van der Waals surface area contributed by atoms with E-state index in [4.69, 9.17) is 14.7 Å². The molecule has 2 heterocycles. The number of aromatic nitrogens is 3. The third-order valence-corrected chi connectivity index (χ3v) is 4.74. The zero-order valence-corrected chi connectivity index (χ0v) is 14.4. The number of nitrogens with zero attached hydrogens (tertiary/aromatic N) is 3. The van der Waals surface area contributed by atoms with Crippen LogP contribution in [0.2, 0.25) is 0 Å². The van der Waals surface area contributed by atoms with Gasteiger partial charge >= 0.3 is 0 Å². The van der Waals surface area contributed by atoms with E-state index in [0.717, 1.165) is 33.6 Å². The maximum atomic E-state index is 6.03. The first-order valence-electron chi connectivity index (χ1n) is 8.61. The average Bonchev–Trinajstić information content (AvgIpc) is 2.99. The van der Waals surface area contributed by atoms with Crippen LogP contribution in [0.1, 0.15) is 5.69 Å². The monoisotopic (exact) mass is 339 g/mol. The van der Waals surface area contributed by atoms with Gasteiger partial charge in [-0.2, -0.15) is 0 Å². The van der Waals surface area contributed by atoms with Crippen LogP contribution < -0.4 is 4.74 Å². The van der Waals surface area contributed by atoms with Crippen molar-refractivity contribution in [2.45, 2.75) is 6.61 Å². The molecule has 0 unspecified atom stereocenters. The predicted molar refractivity (Wildman–Crippen MR) is 104 cm³/mol. The van der Waals surface area contributed by atoms with Gasteiger partial charge in [0.25, 0.3) is 0 Å². The lowest BCUT2D eigenvalue weighted by Crippen LogP contribution is -2.02. The van der Waals surface area contributed by atoms with Crippen LogP contribution in [0.25, 0.3) is 33.0 Å². The van der Waals surface area contributed by atoms with Crippen molar-refractivity contribution in [2.75, 3.05) is 0 Å². The first-order chi connectivity index (χ1) is 12.8. The van der Waals surface area contributed by atoms with Crippen molar-refractivity contribution in [1.29, 1.82) is 0 Å². The molecule has 0 bridgehead atoms. The Kier molecular flexibility index (Phi) is 3.35. The fourth-order valence-corrected chi connectivity index (χ4v) is 3.29. The highest BCUT2D eigenvalue weighted by molar-refractivity contribution is 5.85. The van der Waals surface area contributed by atoms with Crippen molar-refractivity contribution >= 4 is 33.0 Å². The minimum atomic E-state index is 0.475. The van der Waals surface area contributed by atoms with Gasteiger partial charge in [0.2, 0.25) is 0 Å². The van der Waals surface area contributed by atoms with Crippen LogP contribution >= 0.6 is 0 Å². The van der Waals surface area contributed by atoms with Crippen molar-refractivity contribution in [2.24, 2.45) is 7.05 Å². The van der Waals surface area contributed by atoms with E-state index in [2.05, 4.69) is 34.9 Å². The van der Waals surface area contributed by atoms with Crippen molar-refractivity contribution in [3.63, 3.8) is 0 Å². The Hall–Kier alpha value is -3.40. The molecule has 4 nitrogen and oxygen atoms in total. The van der Waals surface area contributed by atoms with Crippen LogP contribution in [0.15, 0.2) is 72.8 Å². The molecule has 5 aromatic rings. The molecule has 0 aliphatic heterocycles. The van der Waals surface area contributed by atoms with Crippen molar-refractivity contribution < 1.29 is 4.74 Å². The molecule has 0 aliphatic carbocycles. The predicted octanol–water partition coefficient (Wildman–Crippen LogP) is 4.85. The SMILES string of the molecule is Cn1c(COc2ccc3ccccc3c2)cc2nc3ccccc3nc21. The molecule has 0 spiro atoms. The van der Waals surface area contributed by atoms with Crippen LogP contribution in [0.4, 0.5) is 0 Å². The summed E-state index contributed by atoms with van der Waals surface area (Å²) in [6.45, 7) is 0.475. The van der Waals surface area contributed by atoms with E-state index in [9.17, 15) is 0 Å². The minimum Gasteiger partial charge on any atom is -0.487 e. The lowest BCUT2D eigenvalue weighted by molar-refractivity contribution is 0.298. The van der Waals surface area contributed by atoms with E-state index in [0.29, 0.717) is 6.61 Å². The molecule has 0 amide bonds. The van der Waals surface area contributed by atoms with Crippen LogP contribution in [0.3, 0.4) is 0 Å². The highest BCUT2D eigenvalue weighted by Gasteiger charge is 2.10. The maximum Gasteiger partial charge on any atom is 0.159 e. The van der Waals surface area contributed by atoms with E-state index >= 15 is 0 Å². The fraction of sp³-hybridized carbons (Fsp3) is 0.0909. The highest BCUT2D eigenvalue weighted by Crippen LogP contribution is 2.23. The second kappa shape index (κ2) is 5.85. The summed E-state index contributed by atoms with van der Waals surface area (Å²) in [6, 6.07) is 24.4. The van der Waals surface area contributed by atoms with E-state index in [1.165, 1.54) is 10.8 Å². The van der Waals surface area contributed by atoms with Gasteiger partial charge < -0.3 is 9.30 Å². The van der Waals surface area contributed by atoms with Crippen LogP contribution in [-0.2, 0) is 13.7 Å². The second-order valence-corrected chi connectivity index (χ2v) is 6.41. The van der Waals surface area contributed by atoms with E-state index in [1.54, 1.807) is 0 Å². The molecule has 0 atom stereocenters. The van der Waals surface area contributed by atoms with Gasteiger partial charge in [-0.3, -0.25) is 0 Å². The summed E-state index contributed by atoms with van der Waals surface area (Å²) in [7, 11) is 2.00. The van der Waals surface area contributed by atoms with Gasteiger partial charge in [0.1, 0.15) is 17.9 Å². The van der Waals surface area contributed by atoms with Gasteiger partial charge in [-0.1, -0.05) is 42.5 Å². The topological polar surface area (TPSA) is 39.9 Å². The van der Waals surface area contributed by atoms with Crippen LogP contribution in [-0.4, -0.2) is 14.5 Å². The number of rotatable bonds is 3. The Morgan fingerprint density at radius 2 is 1.50 bits per heavy atom. The Morgan fingerprint density at radius 3 is 2.35 bits per heavy atom. The Balaban J connectivity index is 1.48. The van der Waals surface area contributed by atoms with Gasteiger partial charge in [-0.05, 0) is 41.1 Å². The lowest BCUT2D eigenvalue weighted by atomic mass is 10.1. The summed E-state index contributed by atoms with van der Waals surface area (Å²) in [6.07, 6.45) is 0. The minimum absolute atomic E-state index is 0.475. The van der Waals surface area contributed by atoms with Gasteiger partial charge in [0.15, 0.2) is 5.65 Å². The van der Waals surface area contributed by atoms with Gasteiger partial charge in [-0.15, -0.1) is 0 Å². The summed E-state index contributed by atoms with van der Waals surface area (Å²) < 4.78 is 8.08. The Bertz CT molecular complexity index is 1260. The molecule has 5 rings (SSSR count). The molecule has 0 saturated carbocycles. The van der Waals surface area contributed by atoms with Crippen LogP contribution in [0.5, 0.6) is 5.75 Å². The van der Waals surface area contributed by atoms with Crippen molar-refractivity contribution in [3.05, 3.63) is 78.5 Å². The van der Waals surface area contributed by atoms with Gasteiger partial charge in [-0.25, -0.2) is 9.97 Å². The summed E-state index contributed by atoms with van der Waals surface area (Å²) in [5.74, 6) is 0.861. The molecule has 126 valence electrons. The molecule has 4 heteroatoms. The molecule has 0 fully saturated rings.